The fourth-order valence-corrected chi connectivity index (χ4v) is 3.71. The fourth-order valence-electron chi connectivity index (χ4n) is 3.71. The van der Waals surface area contributed by atoms with Crippen molar-refractivity contribution in [1.82, 2.24) is 20.0 Å². The molecule has 188 valence electrons. The Morgan fingerprint density at radius 2 is 1.78 bits per heavy atom. The number of aryl methyl sites for hydroxylation is 2. The lowest BCUT2D eigenvalue weighted by Gasteiger charge is -2.12. The van der Waals surface area contributed by atoms with E-state index in [2.05, 4.69) is 20.6 Å². The Labute approximate surface area is 208 Å². The van der Waals surface area contributed by atoms with E-state index < -0.39 is 5.91 Å². The molecule has 0 aliphatic carbocycles. The highest BCUT2D eigenvalue weighted by Gasteiger charge is 2.22. The first-order valence-electron chi connectivity index (χ1n) is 11.1. The zero-order chi connectivity index (χ0) is 26.0. The third kappa shape index (κ3) is 4.54. The number of nitrogens with two attached hydrogens (primary N) is 1. The Balaban J connectivity index is 1.58. The van der Waals surface area contributed by atoms with Gasteiger partial charge in [0.25, 0.3) is 5.91 Å². The maximum atomic E-state index is 12.8. The second-order valence-electron chi connectivity index (χ2n) is 8.12. The molecule has 0 radical (unpaired) electrons. The lowest BCUT2D eigenvalue weighted by atomic mass is 10.1. The fraction of sp³-hybridized carbons (Fsp3) is 0.280. The van der Waals surface area contributed by atoms with E-state index in [0.717, 1.165) is 11.1 Å². The zero-order valence-corrected chi connectivity index (χ0v) is 21.0. The number of anilines is 2. The Kier molecular flexibility index (Phi) is 6.82. The molecule has 0 aliphatic rings. The maximum absolute atomic E-state index is 12.8. The van der Waals surface area contributed by atoms with Crippen LogP contribution >= 0.6 is 0 Å². The van der Waals surface area contributed by atoms with Crippen molar-refractivity contribution in [2.75, 3.05) is 32.4 Å². The minimum Gasteiger partial charge on any atom is -0.493 e. The summed E-state index contributed by atoms with van der Waals surface area (Å²) in [6.07, 6.45) is 0. The molecule has 0 saturated carbocycles. The third-order valence-electron chi connectivity index (χ3n) is 5.95. The van der Waals surface area contributed by atoms with Crippen LogP contribution in [0.2, 0.25) is 0 Å². The SMILES string of the molecule is COc1cc(-c2nc(Cn3nnc(C(=O)Nc4cccc(C)c4C)c3N)c(C)o2)cc(OC)c1OC. The number of methoxy groups -OCH3 is 3. The van der Waals surface area contributed by atoms with E-state index in [4.69, 9.17) is 24.4 Å². The number of nitrogens with zero attached hydrogens (tertiary/aromatic N) is 4. The van der Waals surface area contributed by atoms with Gasteiger partial charge in [0.05, 0.1) is 27.9 Å². The summed E-state index contributed by atoms with van der Waals surface area (Å²) in [6, 6.07) is 9.16. The molecule has 2 heterocycles. The number of hydrogen-bond acceptors (Lipinski definition) is 9. The van der Waals surface area contributed by atoms with Crippen LogP contribution in [0.3, 0.4) is 0 Å². The van der Waals surface area contributed by atoms with Gasteiger partial charge in [-0.15, -0.1) is 5.10 Å². The van der Waals surface area contributed by atoms with Gasteiger partial charge in [0, 0.05) is 11.3 Å². The first kappa shape index (κ1) is 24.6. The van der Waals surface area contributed by atoms with Crippen LogP contribution in [0.1, 0.15) is 33.1 Å². The smallest absolute Gasteiger partial charge is 0.280 e. The summed E-state index contributed by atoms with van der Waals surface area (Å²) in [7, 11) is 4.61. The Morgan fingerprint density at radius 1 is 1.08 bits per heavy atom. The number of rotatable bonds is 8. The third-order valence-corrected chi connectivity index (χ3v) is 5.95. The van der Waals surface area contributed by atoms with Crippen molar-refractivity contribution < 1.29 is 23.4 Å². The van der Waals surface area contributed by atoms with Crippen molar-refractivity contribution in [2.45, 2.75) is 27.3 Å². The molecule has 2 aromatic carbocycles. The Hall–Kier alpha value is -4.54. The molecule has 3 N–H and O–H groups in total. The molecule has 0 unspecified atom stereocenters. The molecular weight excluding hydrogens is 464 g/mol. The molecule has 11 nitrogen and oxygen atoms in total. The van der Waals surface area contributed by atoms with Gasteiger partial charge in [-0.3, -0.25) is 4.79 Å². The molecule has 11 heteroatoms. The van der Waals surface area contributed by atoms with E-state index in [-0.39, 0.29) is 18.1 Å². The standard InChI is InChI=1S/C25H28N6O5/c1-13-8-7-9-17(14(13)2)27-24(32)21-23(26)31(30-29-21)12-18-15(3)36-25(28-18)16-10-19(33-4)22(35-6)20(11-16)34-5/h7-11H,12,26H2,1-6H3,(H,27,32). The van der Waals surface area contributed by atoms with E-state index in [1.54, 1.807) is 19.1 Å². The van der Waals surface area contributed by atoms with Crippen LogP contribution in [0.15, 0.2) is 34.7 Å². The Morgan fingerprint density at radius 3 is 2.42 bits per heavy atom. The second-order valence-corrected chi connectivity index (χ2v) is 8.12. The molecular formula is C25H28N6O5. The molecule has 0 aliphatic heterocycles. The number of carbonyl (C=O) groups excluding carboxylic acids is 1. The molecule has 0 saturated heterocycles. The van der Waals surface area contributed by atoms with Crippen LogP contribution in [0.25, 0.3) is 11.5 Å². The van der Waals surface area contributed by atoms with Crippen molar-refractivity contribution in [3.8, 4) is 28.7 Å². The van der Waals surface area contributed by atoms with Crippen molar-refractivity contribution in [3.63, 3.8) is 0 Å². The number of carbonyl (C=O) groups is 1. The molecule has 1 amide bonds. The average molecular weight is 493 g/mol. The van der Waals surface area contributed by atoms with Crippen LogP contribution in [0.5, 0.6) is 17.2 Å². The van der Waals surface area contributed by atoms with Gasteiger partial charge in [-0.2, -0.15) is 0 Å². The molecule has 0 spiro atoms. The predicted octanol–water partition coefficient (Wildman–Crippen LogP) is 3.77. The van der Waals surface area contributed by atoms with Crippen molar-refractivity contribution in [2.24, 2.45) is 0 Å². The topological polar surface area (TPSA) is 140 Å². The maximum Gasteiger partial charge on any atom is 0.280 e. The summed E-state index contributed by atoms with van der Waals surface area (Å²) in [5, 5.41) is 10.9. The van der Waals surface area contributed by atoms with Crippen molar-refractivity contribution in [3.05, 3.63) is 58.6 Å². The molecule has 0 bridgehead atoms. The minimum atomic E-state index is -0.442. The Bertz CT molecular complexity index is 1400. The lowest BCUT2D eigenvalue weighted by Crippen LogP contribution is -2.16. The van der Waals surface area contributed by atoms with Gasteiger partial charge in [0.2, 0.25) is 11.6 Å². The number of hydrogen-bond donors (Lipinski definition) is 2. The van der Waals surface area contributed by atoms with E-state index in [1.807, 2.05) is 32.0 Å². The van der Waals surface area contributed by atoms with E-state index in [0.29, 0.717) is 45.8 Å². The molecule has 0 atom stereocenters. The molecule has 4 aromatic rings. The van der Waals surface area contributed by atoms with Gasteiger partial charge < -0.3 is 29.7 Å². The molecule has 0 fully saturated rings. The predicted molar refractivity (Wildman–Crippen MR) is 134 cm³/mol. The van der Waals surface area contributed by atoms with E-state index >= 15 is 0 Å². The number of nitrogens with one attached hydrogen (secondary N) is 1. The average Bonchev–Trinajstić information content (AvgIpc) is 3.43. The summed E-state index contributed by atoms with van der Waals surface area (Å²) in [5.74, 6) is 2.02. The van der Waals surface area contributed by atoms with Gasteiger partial charge >= 0.3 is 0 Å². The molecule has 36 heavy (non-hydrogen) atoms. The van der Waals surface area contributed by atoms with Gasteiger partial charge in [0.15, 0.2) is 23.0 Å². The summed E-state index contributed by atoms with van der Waals surface area (Å²) in [6.45, 7) is 5.85. The number of amides is 1. The zero-order valence-electron chi connectivity index (χ0n) is 21.0. The minimum absolute atomic E-state index is 0.0295. The first-order valence-corrected chi connectivity index (χ1v) is 11.1. The largest absolute Gasteiger partial charge is 0.493 e. The molecule has 2 aromatic heterocycles. The lowest BCUT2D eigenvalue weighted by molar-refractivity contribution is 0.102. The van der Waals surface area contributed by atoms with E-state index in [1.165, 1.54) is 26.0 Å². The number of ether oxygens (including phenoxy) is 3. The summed E-state index contributed by atoms with van der Waals surface area (Å²) in [4.78, 5) is 17.4. The van der Waals surface area contributed by atoms with Crippen LogP contribution in [-0.2, 0) is 6.54 Å². The van der Waals surface area contributed by atoms with Crippen LogP contribution in [-0.4, -0.2) is 47.2 Å². The van der Waals surface area contributed by atoms with Gasteiger partial charge in [-0.05, 0) is 50.1 Å². The number of oxazole rings is 1. The van der Waals surface area contributed by atoms with Crippen molar-refractivity contribution >= 4 is 17.4 Å². The number of nitrogen functional groups attached to an aromatic ring is 1. The van der Waals surface area contributed by atoms with Gasteiger partial charge in [-0.1, -0.05) is 17.3 Å². The van der Waals surface area contributed by atoms with Crippen LogP contribution < -0.4 is 25.3 Å². The number of aromatic nitrogens is 4. The van der Waals surface area contributed by atoms with Crippen LogP contribution in [0, 0.1) is 20.8 Å². The first-order chi connectivity index (χ1) is 17.3. The highest BCUT2D eigenvalue weighted by molar-refractivity contribution is 6.06. The number of benzene rings is 2. The van der Waals surface area contributed by atoms with E-state index in [9.17, 15) is 4.79 Å². The van der Waals surface area contributed by atoms with Crippen molar-refractivity contribution in [1.29, 1.82) is 0 Å². The summed E-state index contributed by atoms with van der Waals surface area (Å²) in [5.41, 5.74) is 10.2. The quantitative estimate of drug-likeness (QED) is 0.376. The van der Waals surface area contributed by atoms with Gasteiger partial charge in [-0.25, -0.2) is 9.67 Å². The van der Waals surface area contributed by atoms with Gasteiger partial charge in [0.1, 0.15) is 11.5 Å². The summed E-state index contributed by atoms with van der Waals surface area (Å²) >= 11 is 0. The highest BCUT2D eigenvalue weighted by atomic mass is 16.5. The second kappa shape index (κ2) is 9.98. The molecule has 4 rings (SSSR count). The normalized spacial score (nSPS) is 10.8. The monoisotopic (exact) mass is 492 g/mol. The van der Waals surface area contributed by atoms with Crippen LogP contribution in [0.4, 0.5) is 11.5 Å². The summed E-state index contributed by atoms with van der Waals surface area (Å²) < 4.78 is 23.5. The highest BCUT2D eigenvalue weighted by Crippen LogP contribution is 2.41.